The van der Waals surface area contributed by atoms with Crippen molar-refractivity contribution in [1.29, 1.82) is 0 Å². The zero-order chi connectivity index (χ0) is 22.4. The topological polar surface area (TPSA) is 105 Å². The molecule has 0 unspecified atom stereocenters. The zero-order valence-corrected chi connectivity index (χ0v) is 19.0. The van der Waals surface area contributed by atoms with E-state index in [1.807, 2.05) is 0 Å². The van der Waals surface area contributed by atoms with E-state index in [9.17, 15) is 18.3 Å². The van der Waals surface area contributed by atoms with Crippen LogP contribution in [0.25, 0.3) is 0 Å². The monoisotopic (exact) mass is 486 g/mol. The Bertz CT molecular complexity index is 984. The second-order valence-corrected chi connectivity index (χ2v) is 9.89. The smallest absolute Gasteiger partial charge is 0.251 e. The normalized spacial score (nSPS) is 21.6. The largest absolute Gasteiger partial charge is 0.394 e. The van der Waals surface area contributed by atoms with Gasteiger partial charge in [-0.2, -0.15) is 0 Å². The van der Waals surface area contributed by atoms with Crippen LogP contribution in [0.3, 0.4) is 0 Å². The number of carbonyl (C=O) groups excluding carboxylic acids is 1. The molecule has 168 valence electrons. The maximum absolute atomic E-state index is 12.6. The minimum Gasteiger partial charge on any atom is -0.394 e. The molecule has 1 heterocycles. The van der Waals surface area contributed by atoms with Crippen LogP contribution < -0.4 is 10.0 Å². The number of sulfonamides is 1. The molecule has 31 heavy (non-hydrogen) atoms. The number of nitrogens with one attached hydrogen (secondary N) is 2. The van der Waals surface area contributed by atoms with E-state index in [-0.39, 0.29) is 23.5 Å². The van der Waals surface area contributed by atoms with Crippen molar-refractivity contribution in [3.05, 3.63) is 64.1 Å². The first kappa shape index (κ1) is 24.0. The summed E-state index contributed by atoms with van der Waals surface area (Å²) in [5.41, 5.74) is 0.366. The zero-order valence-electron chi connectivity index (χ0n) is 16.6. The van der Waals surface area contributed by atoms with Crippen molar-refractivity contribution in [2.75, 3.05) is 13.2 Å². The van der Waals surface area contributed by atoms with Crippen LogP contribution in [-0.4, -0.2) is 50.8 Å². The third-order valence-corrected chi connectivity index (χ3v) is 6.97. The van der Waals surface area contributed by atoms with Crippen molar-refractivity contribution < 1.29 is 23.1 Å². The number of ether oxygens (including phenoxy) is 1. The van der Waals surface area contributed by atoms with Gasteiger partial charge in [-0.1, -0.05) is 41.4 Å². The van der Waals surface area contributed by atoms with Crippen molar-refractivity contribution in [3.8, 4) is 0 Å². The highest BCUT2D eigenvalue weighted by Crippen LogP contribution is 2.24. The minimum atomic E-state index is -3.71. The van der Waals surface area contributed by atoms with Gasteiger partial charge in [-0.05, 0) is 49.6 Å². The summed E-state index contributed by atoms with van der Waals surface area (Å²) in [5, 5.41) is 13.3. The van der Waals surface area contributed by atoms with Gasteiger partial charge in [-0.3, -0.25) is 4.79 Å². The lowest BCUT2D eigenvalue weighted by atomic mass is 9.98. The first-order valence-corrected chi connectivity index (χ1v) is 12.1. The maximum Gasteiger partial charge on any atom is 0.251 e. The minimum absolute atomic E-state index is 0.164. The van der Waals surface area contributed by atoms with Gasteiger partial charge in [0, 0.05) is 22.2 Å². The van der Waals surface area contributed by atoms with Crippen molar-refractivity contribution in [3.63, 3.8) is 0 Å². The van der Waals surface area contributed by atoms with Gasteiger partial charge >= 0.3 is 0 Å². The quantitative estimate of drug-likeness (QED) is 0.531. The third kappa shape index (κ3) is 6.65. The molecule has 2 aromatic carbocycles. The van der Waals surface area contributed by atoms with Crippen LogP contribution >= 0.6 is 23.2 Å². The summed E-state index contributed by atoms with van der Waals surface area (Å²) < 4.78 is 33.6. The summed E-state index contributed by atoms with van der Waals surface area (Å²) in [6.45, 7) is 0.0397. The highest BCUT2D eigenvalue weighted by Gasteiger charge is 2.33. The number of benzene rings is 2. The molecule has 0 radical (unpaired) electrons. The molecule has 0 saturated carbocycles. The average Bonchev–Trinajstić information content (AvgIpc) is 2.74. The van der Waals surface area contributed by atoms with Crippen LogP contribution in [0.1, 0.15) is 29.6 Å². The van der Waals surface area contributed by atoms with Crippen LogP contribution in [-0.2, 0) is 14.8 Å². The van der Waals surface area contributed by atoms with Crippen molar-refractivity contribution in [1.82, 2.24) is 10.0 Å². The Morgan fingerprint density at radius 1 is 1.10 bits per heavy atom. The Kier molecular flexibility index (Phi) is 8.32. The molecule has 1 fully saturated rings. The molecule has 3 rings (SSSR count). The fourth-order valence-corrected chi connectivity index (χ4v) is 5.33. The van der Waals surface area contributed by atoms with E-state index >= 15 is 0 Å². The molecule has 10 heteroatoms. The summed E-state index contributed by atoms with van der Waals surface area (Å²) in [6, 6.07) is 12.1. The predicted octanol–water partition coefficient (Wildman–Crippen LogP) is 3.00. The SMILES string of the molecule is O=C(NCC[C@@H]1CC[C@@H](NS(=O)(=O)c2ccccc2)[C@H](CO)O1)c1cc(Cl)cc(Cl)c1. The van der Waals surface area contributed by atoms with Crippen molar-refractivity contribution in [2.45, 2.75) is 42.4 Å². The van der Waals surface area contributed by atoms with Gasteiger partial charge in [0.2, 0.25) is 10.0 Å². The number of carbonyl (C=O) groups is 1. The van der Waals surface area contributed by atoms with E-state index in [2.05, 4.69) is 10.0 Å². The van der Waals surface area contributed by atoms with Gasteiger partial charge in [0.05, 0.1) is 29.8 Å². The highest BCUT2D eigenvalue weighted by atomic mass is 35.5. The summed E-state index contributed by atoms with van der Waals surface area (Å²) in [4.78, 5) is 12.4. The van der Waals surface area contributed by atoms with Crippen molar-refractivity contribution >= 4 is 39.1 Å². The van der Waals surface area contributed by atoms with Gasteiger partial charge in [0.1, 0.15) is 0 Å². The lowest BCUT2D eigenvalue weighted by Crippen LogP contribution is -2.51. The van der Waals surface area contributed by atoms with E-state index in [4.69, 9.17) is 27.9 Å². The van der Waals surface area contributed by atoms with Crippen LogP contribution in [0, 0.1) is 0 Å². The fourth-order valence-electron chi connectivity index (χ4n) is 3.48. The molecule has 0 bridgehead atoms. The summed E-state index contributed by atoms with van der Waals surface area (Å²) >= 11 is 11.8. The number of hydrogen-bond acceptors (Lipinski definition) is 5. The Balaban J connectivity index is 1.51. The molecular weight excluding hydrogens is 463 g/mol. The fraction of sp³-hybridized carbons (Fsp3) is 0.381. The van der Waals surface area contributed by atoms with Gasteiger partial charge in [-0.15, -0.1) is 0 Å². The van der Waals surface area contributed by atoms with Gasteiger partial charge in [-0.25, -0.2) is 13.1 Å². The Morgan fingerprint density at radius 3 is 2.42 bits per heavy atom. The second kappa shape index (κ2) is 10.8. The number of aliphatic hydroxyl groups excluding tert-OH is 1. The van der Waals surface area contributed by atoms with Crippen LogP contribution in [0.2, 0.25) is 10.0 Å². The molecule has 0 aliphatic carbocycles. The van der Waals surface area contributed by atoms with E-state index in [0.29, 0.717) is 41.4 Å². The lowest BCUT2D eigenvalue weighted by molar-refractivity contribution is -0.0871. The summed E-state index contributed by atoms with van der Waals surface area (Å²) in [5.74, 6) is -0.299. The van der Waals surface area contributed by atoms with E-state index in [1.54, 1.807) is 24.3 Å². The Labute approximate surface area is 191 Å². The van der Waals surface area contributed by atoms with E-state index in [0.717, 1.165) is 0 Å². The molecule has 1 aliphatic heterocycles. The predicted molar refractivity (Wildman–Crippen MR) is 119 cm³/mol. The average molecular weight is 487 g/mol. The molecule has 1 saturated heterocycles. The second-order valence-electron chi connectivity index (χ2n) is 7.30. The number of halogens is 2. The van der Waals surface area contributed by atoms with E-state index in [1.165, 1.54) is 24.3 Å². The molecule has 1 aliphatic rings. The number of hydrogen-bond donors (Lipinski definition) is 3. The molecule has 0 spiro atoms. The molecule has 7 nitrogen and oxygen atoms in total. The van der Waals surface area contributed by atoms with Gasteiger partial charge < -0.3 is 15.2 Å². The molecule has 3 N–H and O–H groups in total. The summed E-state index contributed by atoms with van der Waals surface area (Å²) in [6.07, 6.45) is 0.754. The number of rotatable bonds is 8. The molecular formula is C21H24Cl2N2O5S. The third-order valence-electron chi connectivity index (χ3n) is 5.03. The van der Waals surface area contributed by atoms with Crippen molar-refractivity contribution in [2.24, 2.45) is 0 Å². The van der Waals surface area contributed by atoms with Gasteiger partial charge in [0.25, 0.3) is 5.91 Å². The van der Waals surface area contributed by atoms with Gasteiger partial charge in [0.15, 0.2) is 0 Å². The number of amides is 1. The highest BCUT2D eigenvalue weighted by molar-refractivity contribution is 7.89. The summed E-state index contributed by atoms with van der Waals surface area (Å²) in [7, 11) is -3.71. The molecule has 1 amide bonds. The lowest BCUT2D eigenvalue weighted by Gasteiger charge is -2.36. The Hall–Kier alpha value is -1.68. The maximum atomic E-state index is 12.6. The van der Waals surface area contributed by atoms with Crippen LogP contribution in [0.5, 0.6) is 0 Å². The van der Waals surface area contributed by atoms with Crippen LogP contribution in [0.15, 0.2) is 53.4 Å². The number of aliphatic hydroxyl groups is 1. The first-order valence-electron chi connectivity index (χ1n) is 9.86. The molecule has 3 atom stereocenters. The first-order chi connectivity index (χ1) is 14.8. The molecule has 2 aromatic rings. The Morgan fingerprint density at radius 2 is 1.77 bits per heavy atom. The van der Waals surface area contributed by atoms with Crippen LogP contribution in [0.4, 0.5) is 0 Å². The van der Waals surface area contributed by atoms with E-state index < -0.39 is 22.2 Å². The standard InChI is InChI=1S/C21H24Cl2N2O5S/c22-15-10-14(11-16(23)12-15)21(27)24-9-8-17-6-7-19(20(13-26)30-17)25-31(28,29)18-4-2-1-3-5-18/h1-5,10-12,17,19-20,25-26H,6-9,13H2,(H,24,27)/t17-,19+,20-/m0/s1. The molecule has 0 aromatic heterocycles.